The maximum atomic E-state index is 11.2. The first-order valence-electron chi connectivity index (χ1n) is 5.21. The summed E-state index contributed by atoms with van der Waals surface area (Å²) in [6.45, 7) is 3.70. The Kier molecular flexibility index (Phi) is 3.16. The van der Waals surface area contributed by atoms with Gasteiger partial charge in [0.2, 0.25) is 0 Å². The topological polar surface area (TPSA) is 57.5 Å². The molecule has 0 radical (unpaired) electrons. The van der Waals surface area contributed by atoms with Gasteiger partial charge in [-0.05, 0) is 34.9 Å². The lowest BCUT2D eigenvalue weighted by atomic mass is 10.0. The first kappa shape index (κ1) is 12.1. The molecule has 0 atom stereocenters. The maximum Gasteiger partial charge on any atom is 0.356 e. The summed E-state index contributed by atoms with van der Waals surface area (Å²) >= 11 is 0. The van der Waals surface area contributed by atoms with Crippen molar-refractivity contribution in [1.82, 2.24) is 0 Å². The fourth-order valence-electron chi connectivity index (χ4n) is 1.85. The Bertz CT molecular complexity index is 613. The zero-order chi connectivity index (χ0) is 12.5. The zero-order valence-electron chi connectivity index (χ0n) is 9.21. The molecule has 0 aliphatic rings. The normalized spacial score (nSPS) is 11.6. The van der Waals surface area contributed by atoms with E-state index < -0.39 is 7.60 Å². The van der Waals surface area contributed by atoms with Crippen LogP contribution in [0.4, 0.5) is 0 Å². The fourth-order valence-corrected chi connectivity index (χ4v) is 2.43. The van der Waals surface area contributed by atoms with Gasteiger partial charge in [0.25, 0.3) is 0 Å². The molecule has 0 spiro atoms. The largest absolute Gasteiger partial charge is 0.356 e. The Balaban J connectivity index is 2.64. The molecule has 2 aromatic rings. The standard InChI is InChI=1S/C13H13O3P/c1-2-4-10-5-3-6-11-9-12(17(14,15)16)7-8-13(10)11/h2-3,5-9H,1,4H2,(H2,14,15,16). The molecule has 0 saturated heterocycles. The van der Waals surface area contributed by atoms with Crippen molar-refractivity contribution in [3.8, 4) is 0 Å². The third-order valence-corrected chi connectivity index (χ3v) is 3.61. The highest BCUT2D eigenvalue weighted by Gasteiger charge is 2.17. The molecular formula is C13H13O3P. The number of hydrogen-bond donors (Lipinski definition) is 2. The summed E-state index contributed by atoms with van der Waals surface area (Å²) in [5.74, 6) is 0. The average Bonchev–Trinajstić information content (AvgIpc) is 2.28. The van der Waals surface area contributed by atoms with Gasteiger partial charge in [0.05, 0.1) is 5.30 Å². The van der Waals surface area contributed by atoms with E-state index in [-0.39, 0.29) is 5.30 Å². The van der Waals surface area contributed by atoms with E-state index in [2.05, 4.69) is 6.58 Å². The molecule has 0 aromatic heterocycles. The number of hydrogen-bond acceptors (Lipinski definition) is 1. The second-order valence-electron chi connectivity index (χ2n) is 3.86. The Morgan fingerprint density at radius 2 is 2.00 bits per heavy atom. The minimum Gasteiger partial charge on any atom is -0.321 e. The molecule has 0 amide bonds. The summed E-state index contributed by atoms with van der Waals surface area (Å²) in [4.78, 5) is 18.2. The molecule has 17 heavy (non-hydrogen) atoms. The molecule has 0 aliphatic carbocycles. The van der Waals surface area contributed by atoms with Crippen LogP contribution in [-0.2, 0) is 11.0 Å². The van der Waals surface area contributed by atoms with Gasteiger partial charge in [-0.25, -0.2) is 0 Å². The summed E-state index contributed by atoms with van der Waals surface area (Å²) < 4.78 is 11.2. The van der Waals surface area contributed by atoms with Crippen molar-refractivity contribution in [1.29, 1.82) is 0 Å². The predicted octanol–water partition coefficient (Wildman–Crippen LogP) is 2.37. The SMILES string of the molecule is C=CCc1cccc2cc(P(=O)(O)O)ccc12. The minimum absolute atomic E-state index is 0.0563. The lowest BCUT2D eigenvalue weighted by Gasteiger charge is -2.08. The third kappa shape index (κ3) is 2.47. The fraction of sp³-hybridized carbons (Fsp3) is 0.0769. The van der Waals surface area contributed by atoms with Crippen LogP contribution in [0.2, 0.25) is 0 Å². The van der Waals surface area contributed by atoms with Gasteiger partial charge in [-0.3, -0.25) is 4.57 Å². The van der Waals surface area contributed by atoms with Crippen LogP contribution in [-0.4, -0.2) is 9.79 Å². The van der Waals surface area contributed by atoms with Crippen LogP contribution in [0.25, 0.3) is 10.8 Å². The molecule has 2 N–H and O–H groups in total. The van der Waals surface area contributed by atoms with Crippen LogP contribution in [0, 0.1) is 0 Å². The molecule has 4 heteroatoms. The van der Waals surface area contributed by atoms with Crippen molar-refractivity contribution in [3.63, 3.8) is 0 Å². The average molecular weight is 248 g/mol. The molecule has 3 nitrogen and oxygen atoms in total. The zero-order valence-corrected chi connectivity index (χ0v) is 10.1. The second-order valence-corrected chi connectivity index (χ2v) is 5.46. The molecule has 0 unspecified atom stereocenters. The van der Waals surface area contributed by atoms with E-state index in [9.17, 15) is 4.57 Å². The summed E-state index contributed by atoms with van der Waals surface area (Å²) in [5.41, 5.74) is 1.11. The first-order chi connectivity index (χ1) is 8.02. The van der Waals surface area contributed by atoms with Gasteiger partial charge in [-0.15, -0.1) is 6.58 Å². The van der Waals surface area contributed by atoms with Gasteiger partial charge in [0, 0.05) is 0 Å². The predicted molar refractivity (Wildman–Crippen MR) is 69.5 cm³/mol. The summed E-state index contributed by atoms with van der Waals surface area (Å²) in [6, 6.07) is 10.5. The maximum absolute atomic E-state index is 11.2. The lowest BCUT2D eigenvalue weighted by molar-refractivity contribution is 0.387. The summed E-state index contributed by atoms with van der Waals surface area (Å²) in [5, 5.41) is 1.90. The van der Waals surface area contributed by atoms with Crippen LogP contribution >= 0.6 is 7.60 Å². The summed E-state index contributed by atoms with van der Waals surface area (Å²) in [6.07, 6.45) is 2.55. The minimum atomic E-state index is -4.17. The van der Waals surface area contributed by atoms with E-state index in [0.717, 1.165) is 22.8 Å². The Morgan fingerprint density at radius 3 is 2.65 bits per heavy atom. The van der Waals surface area contributed by atoms with Gasteiger partial charge < -0.3 is 9.79 Å². The molecule has 2 aromatic carbocycles. The van der Waals surface area contributed by atoms with Crippen molar-refractivity contribution in [2.24, 2.45) is 0 Å². The van der Waals surface area contributed by atoms with E-state index in [0.29, 0.717) is 0 Å². The molecule has 0 bridgehead atoms. The smallest absolute Gasteiger partial charge is 0.321 e. The highest BCUT2D eigenvalue weighted by molar-refractivity contribution is 7.60. The second kappa shape index (κ2) is 4.46. The molecule has 2 rings (SSSR count). The molecule has 0 saturated carbocycles. The highest BCUT2D eigenvalue weighted by atomic mass is 31.2. The first-order valence-corrected chi connectivity index (χ1v) is 6.82. The molecule has 0 heterocycles. The van der Waals surface area contributed by atoms with Gasteiger partial charge >= 0.3 is 7.60 Å². The van der Waals surface area contributed by atoms with Crippen LogP contribution in [0.3, 0.4) is 0 Å². The molecule has 0 fully saturated rings. The van der Waals surface area contributed by atoms with Gasteiger partial charge in [0.15, 0.2) is 0 Å². The van der Waals surface area contributed by atoms with E-state index in [4.69, 9.17) is 9.79 Å². The van der Waals surface area contributed by atoms with Gasteiger partial charge in [-0.2, -0.15) is 0 Å². The number of fused-ring (bicyclic) bond motifs is 1. The van der Waals surface area contributed by atoms with E-state index in [1.807, 2.05) is 24.3 Å². The molecule has 0 aliphatic heterocycles. The quantitative estimate of drug-likeness (QED) is 0.647. The van der Waals surface area contributed by atoms with Crippen LogP contribution < -0.4 is 5.30 Å². The third-order valence-electron chi connectivity index (χ3n) is 2.65. The number of allylic oxidation sites excluding steroid dienone is 1. The Hall–Kier alpha value is -1.41. The van der Waals surface area contributed by atoms with E-state index in [1.165, 1.54) is 6.07 Å². The van der Waals surface area contributed by atoms with Crippen molar-refractivity contribution < 1.29 is 14.4 Å². The van der Waals surface area contributed by atoms with Crippen molar-refractivity contribution >= 4 is 23.7 Å². The Morgan fingerprint density at radius 1 is 1.24 bits per heavy atom. The van der Waals surface area contributed by atoms with E-state index >= 15 is 0 Å². The lowest BCUT2D eigenvalue weighted by Crippen LogP contribution is -2.03. The molecular weight excluding hydrogens is 235 g/mol. The van der Waals surface area contributed by atoms with Crippen LogP contribution in [0.5, 0.6) is 0 Å². The van der Waals surface area contributed by atoms with Gasteiger partial charge in [0.1, 0.15) is 0 Å². The van der Waals surface area contributed by atoms with Crippen LogP contribution in [0.15, 0.2) is 49.1 Å². The number of rotatable bonds is 3. The van der Waals surface area contributed by atoms with Crippen molar-refractivity contribution in [2.45, 2.75) is 6.42 Å². The van der Waals surface area contributed by atoms with Crippen molar-refractivity contribution in [2.75, 3.05) is 0 Å². The molecule has 88 valence electrons. The number of benzene rings is 2. The van der Waals surface area contributed by atoms with Crippen LogP contribution in [0.1, 0.15) is 5.56 Å². The van der Waals surface area contributed by atoms with Gasteiger partial charge in [-0.1, -0.05) is 30.3 Å². The van der Waals surface area contributed by atoms with E-state index in [1.54, 1.807) is 12.1 Å². The Labute approximate surface area is 99.6 Å². The highest BCUT2D eigenvalue weighted by Crippen LogP contribution is 2.34. The van der Waals surface area contributed by atoms with Crippen molar-refractivity contribution in [3.05, 3.63) is 54.6 Å². The summed E-state index contributed by atoms with van der Waals surface area (Å²) in [7, 11) is -4.17. The monoisotopic (exact) mass is 248 g/mol.